The third-order valence-corrected chi connectivity index (χ3v) is 4.74. The molecule has 0 spiro atoms. The van der Waals surface area contributed by atoms with E-state index in [9.17, 15) is 0 Å². The van der Waals surface area contributed by atoms with E-state index in [-0.39, 0.29) is 0 Å². The van der Waals surface area contributed by atoms with Crippen LogP contribution < -0.4 is 15.9 Å². The molecule has 0 atom stereocenters. The maximum absolute atomic E-state index is 4.22. The van der Waals surface area contributed by atoms with E-state index in [2.05, 4.69) is 78.7 Å². The molecule has 1 aromatic heterocycles. The van der Waals surface area contributed by atoms with Crippen molar-refractivity contribution in [3.8, 4) is 0 Å². The van der Waals surface area contributed by atoms with E-state index >= 15 is 0 Å². The van der Waals surface area contributed by atoms with Crippen LogP contribution in [-0.4, -0.2) is 4.57 Å². The number of unbranched alkanes of at least 4 members (excludes halogenated alkanes) is 1. The van der Waals surface area contributed by atoms with Crippen molar-refractivity contribution in [3.63, 3.8) is 0 Å². The van der Waals surface area contributed by atoms with Gasteiger partial charge in [-0.3, -0.25) is 0 Å². The van der Waals surface area contributed by atoms with Crippen molar-refractivity contribution in [2.75, 3.05) is 5.32 Å². The second-order valence-corrected chi connectivity index (χ2v) is 6.81. The normalized spacial score (nSPS) is 12.8. The number of fused-ring (bicyclic) bond motifs is 1. The van der Waals surface area contributed by atoms with Crippen LogP contribution in [-0.2, 0) is 7.05 Å². The van der Waals surface area contributed by atoms with E-state index in [0.29, 0.717) is 0 Å². The molecule has 3 aromatic rings. The van der Waals surface area contributed by atoms with E-state index in [1.165, 1.54) is 21.5 Å². The van der Waals surface area contributed by atoms with Gasteiger partial charge in [0.1, 0.15) is 0 Å². The fourth-order valence-corrected chi connectivity index (χ4v) is 3.37. The first-order valence-electron chi connectivity index (χ1n) is 9.73. The average Bonchev–Trinajstić information content (AvgIpc) is 2.97. The standard InChI is InChI=1S/C26H28N2/c1-4-5-6-7-8-12-18-26-24(23-17-13-14-19-25(23)28(26)3)20-21(2)27-22-15-10-9-11-16-22/h4,7-11,13-20,27H,1-2,5-6,12H2,3H3/b8-7-,24-20-,26-18+. The van der Waals surface area contributed by atoms with Crippen molar-refractivity contribution >= 4 is 28.7 Å². The summed E-state index contributed by atoms with van der Waals surface area (Å²) in [6.07, 6.45) is 13.8. The highest BCUT2D eigenvalue weighted by Crippen LogP contribution is 2.10. The van der Waals surface area contributed by atoms with Crippen LogP contribution in [0.1, 0.15) is 19.3 Å². The largest absolute Gasteiger partial charge is 0.356 e. The Morgan fingerprint density at radius 3 is 2.54 bits per heavy atom. The predicted octanol–water partition coefficient (Wildman–Crippen LogP) is 5.28. The molecule has 0 aliphatic carbocycles. The molecule has 2 aromatic carbocycles. The summed E-state index contributed by atoms with van der Waals surface area (Å²) in [6, 6.07) is 18.7. The van der Waals surface area contributed by atoms with Crippen LogP contribution in [0.2, 0.25) is 0 Å². The molecular weight excluding hydrogens is 340 g/mol. The molecule has 2 heteroatoms. The average molecular weight is 369 g/mol. The topological polar surface area (TPSA) is 17.0 Å². The summed E-state index contributed by atoms with van der Waals surface area (Å²) in [7, 11) is 2.13. The first-order chi connectivity index (χ1) is 13.7. The summed E-state index contributed by atoms with van der Waals surface area (Å²) in [5.74, 6) is 0. The van der Waals surface area contributed by atoms with Crippen LogP contribution in [0.3, 0.4) is 0 Å². The first kappa shape index (κ1) is 19.5. The van der Waals surface area contributed by atoms with Crippen LogP contribution in [0, 0.1) is 0 Å². The van der Waals surface area contributed by atoms with Gasteiger partial charge in [0.2, 0.25) is 0 Å². The van der Waals surface area contributed by atoms with Crippen LogP contribution in [0.15, 0.2) is 91.7 Å². The Morgan fingerprint density at radius 1 is 1.00 bits per heavy atom. The van der Waals surface area contributed by atoms with Gasteiger partial charge < -0.3 is 9.88 Å². The molecule has 0 saturated carbocycles. The summed E-state index contributed by atoms with van der Waals surface area (Å²) >= 11 is 0. The lowest BCUT2D eigenvalue weighted by atomic mass is 10.2. The number of aryl methyl sites for hydroxylation is 1. The van der Waals surface area contributed by atoms with Gasteiger partial charge in [-0.05, 0) is 43.5 Å². The number of para-hydroxylation sites is 2. The molecule has 0 fully saturated rings. The predicted molar refractivity (Wildman–Crippen MR) is 123 cm³/mol. The highest BCUT2D eigenvalue weighted by atomic mass is 14.9. The van der Waals surface area contributed by atoms with Crippen LogP contribution in [0.25, 0.3) is 23.1 Å². The molecule has 0 bridgehead atoms. The molecule has 142 valence electrons. The highest BCUT2D eigenvalue weighted by molar-refractivity contribution is 5.83. The van der Waals surface area contributed by atoms with Gasteiger partial charge in [-0.15, -0.1) is 6.58 Å². The second kappa shape index (κ2) is 9.61. The Balaban J connectivity index is 1.98. The Bertz CT molecular complexity index is 1100. The van der Waals surface area contributed by atoms with Gasteiger partial charge in [-0.2, -0.15) is 0 Å². The van der Waals surface area contributed by atoms with Gasteiger partial charge >= 0.3 is 0 Å². The third-order valence-electron chi connectivity index (χ3n) is 4.74. The number of nitrogens with zero attached hydrogens (tertiary/aromatic N) is 1. The lowest BCUT2D eigenvalue weighted by molar-refractivity contribution is 0.921. The minimum Gasteiger partial charge on any atom is -0.356 e. The monoisotopic (exact) mass is 368 g/mol. The molecule has 28 heavy (non-hydrogen) atoms. The Hall–Kier alpha value is -3.26. The minimum absolute atomic E-state index is 0.874. The number of anilines is 1. The summed E-state index contributed by atoms with van der Waals surface area (Å²) in [4.78, 5) is 0. The molecule has 0 aliphatic heterocycles. The van der Waals surface area contributed by atoms with Crippen molar-refractivity contribution in [1.82, 2.24) is 4.57 Å². The zero-order valence-corrected chi connectivity index (χ0v) is 16.6. The second-order valence-electron chi connectivity index (χ2n) is 6.81. The van der Waals surface area contributed by atoms with Crippen molar-refractivity contribution in [3.05, 3.63) is 102 Å². The van der Waals surface area contributed by atoms with Crippen LogP contribution in [0.5, 0.6) is 0 Å². The lowest BCUT2D eigenvalue weighted by Gasteiger charge is -2.04. The highest BCUT2D eigenvalue weighted by Gasteiger charge is 2.04. The summed E-state index contributed by atoms with van der Waals surface area (Å²) in [6.45, 7) is 7.99. The van der Waals surface area contributed by atoms with E-state index in [0.717, 1.165) is 30.6 Å². The van der Waals surface area contributed by atoms with Crippen molar-refractivity contribution in [2.45, 2.75) is 19.3 Å². The Morgan fingerprint density at radius 2 is 1.75 bits per heavy atom. The molecule has 1 heterocycles. The fraction of sp³-hybridized carbons (Fsp3) is 0.154. The summed E-state index contributed by atoms with van der Waals surface area (Å²) < 4.78 is 2.26. The van der Waals surface area contributed by atoms with Gasteiger partial charge in [-0.1, -0.05) is 67.3 Å². The number of aromatic nitrogens is 1. The Labute approximate surface area is 167 Å². The molecule has 0 aliphatic rings. The van der Waals surface area contributed by atoms with Crippen molar-refractivity contribution in [1.29, 1.82) is 0 Å². The molecule has 1 N–H and O–H groups in total. The van der Waals surface area contributed by atoms with Crippen molar-refractivity contribution < 1.29 is 0 Å². The minimum atomic E-state index is 0.874. The van der Waals surface area contributed by atoms with Gasteiger partial charge in [0, 0.05) is 39.9 Å². The molecular formula is C26H28N2. The summed E-state index contributed by atoms with van der Waals surface area (Å²) in [5.41, 5.74) is 3.14. The zero-order valence-electron chi connectivity index (χ0n) is 16.6. The van der Waals surface area contributed by atoms with E-state index in [1.54, 1.807) is 0 Å². The fourth-order valence-electron chi connectivity index (χ4n) is 3.37. The molecule has 0 saturated heterocycles. The van der Waals surface area contributed by atoms with Crippen molar-refractivity contribution in [2.24, 2.45) is 7.05 Å². The maximum atomic E-state index is 4.22. The van der Waals surface area contributed by atoms with Gasteiger partial charge in [-0.25, -0.2) is 0 Å². The first-order valence-corrected chi connectivity index (χ1v) is 9.73. The number of hydrogen-bond donors (Lipinski definition) is 1. The van der Waals surface area contributed by atoms with Crippen LogP contribution >= 0.6 is 0 Å². The molecule has 2 nitrogen and oxygen atoms in total. The number of nitrogens with one attached hydrogen (secondary N) is 1. The van der Waals surface area contributed by atoms with Gasteiger partial charge in [0.25, 0.3) is 0 Å². The van der Waals surface area contributed by atoms with E-state index in [1.807, 2.05) is 36.4 Å². The SMILES string of the molecule is C=CCC/C=C\C/C=c1\c(=C/C(=C)Nc2ccccc2)c2ccccc2n1C. The smallest absolute Gasteiger partial charge is 0.0488 e. The van der Waals surface area contributed by atoms with Gasteiger partial charge in [0.05, 0.1) is 0 Å². The number of rotatable bonds is 8. The summed E-state index contributed by atoms with van der Waals surface area (Å²) in [5, 5.41) is 7.04. The quantitative estimate of drug-likeness (QED) is 0.423. The zero-order chi connectivity index (χ0) is 19.8. The number of benzene rings is 2. The van der Waals surface area contributed by atoms with Crippen LogP contribution in [0.4, 0.5) is 5.69 Å². The molecule has 0 amide bonds. The lowest BCUT2D eigenvalue weighted by Crippen LogP contribution is -2.28. The molecule has 0 radical (unpaired) electrons. The third kappa shape index (κ3) is 4.72. The van der Waals surface area contributed by atoms with E-state index < -0.39 is 0 Å². The molecule has 3 rings (SSSR count). The van der Waals surface area contributed by atoms with E-state index in [4.69, 9.17) is 0 Å². The maximum Gasteiger partial charge on any atom is 0.0488 e. The van der Waals surface area contributed by atoms with Gasteiger partial charge in [0.15, 0.2) is 0 Å². The number of hydrogen-bond acceptors (Lipinski definition) is 1. The molecule has 0 unspecified atom stereocenters. The Kier molecular flexibility index (Phi) is 6.69. The number of allylic oxidation sites excluding steroid dienone is 4.